The number of amides is 2. The lowest BCUT2D eigenvalue weighted by Gasteiger charge is -2.16. The van der Waals surface area contributed by atoms with E-state index in [2.05, 4.69) is 30.3 Å². The zero-order valence-corrected chi connectivity index (χ0v) is 25.8. The lowest BCUT2D eigenvalue weighted by molar-refractivity contribution is -0.137. The molecule has 3 aromatic carbocycles. The van der Waals surface area contributed by atoms with Crippen molar-refractivity contribution in [2.45, 2.75) is 18.0 Å². The SMILES string of the molecule is CC/N=[SH](=O)/c1cccc(Nc2ncc(-c3ccc(NC(=O)Nc4cc(C(F)(F)F)ccc4F)c(F)c3)c(NCCN(C)C)n2)c1. The van der Waals surface area contributed by atoms with Crippen LogP contribution in [0.1, 0.15) is 12.5 Å². The molecule has 16 heteroatoms. The maximum Gasteiger partial charge on any atom is 0.416 e. The van der Waals surface area contributed by atoms with Crippen LogP contribution in [0.2, 0.25) is 0 Å². The van der Waals surface area contributed by atoms with E-state index in [4.69, 9.17) is 0 Å². The summed E-state index contributed by atoms with van der Waals surface area (Å²) in [5.41, 5.74) is -0.811. The maximum absolute atomic E-state index is 15.2. The molecule has 0 radical (unpaired) electrons. The topological polar surface area (TPSA) is 124 Å². The van der Waals surface area contributed by atoms with Gasteiger partial charge in [0.2, 0.25) is 5.95 Å². The molecular formula is C30H31F5N8O2S. The molecule has 10 nitrogen and oxygen atoms in total. The molecule has 0 aliphatic carbocycles. The molecule has 1 heterocycles. The Kier molecular flexibility index (Phi) is 11.1. The molecule has 1 unspecified atom stereocenters. The average Bonchev–Trinajstić information content (AvgIpc) is 2.99. The number of thiol groups is 1. The van der Waals surface area contributed by atoms with Crippen molar-refractivity contribution in [3.8, 4) is 11.1 Å². The minimum atomic E-state index is -4.75. The van der Waals surface area contributed by atoms with E-state index in [1.165, 1.54) is 18.3 Å². The molecule has 0 aliphatic rings. The molecule has 1 aromatic heterocycles. The van der Waals surface area contributed by atoms with Gasteiger partial charge in [-0.05, 0) is 75.1 Å². The highest BCUT2D eigenvalue weighted by molar-refractivity contribution is 7.75. The highest BCUT2D eigenvalue weighted by Gasteiger charge is 2.31. The number of nitrogens with zero attached hydrogens (tertiary/aromatic N) is 4. The van der Waals surface area contributed by atoms with Gasteiger partial charge in [-0.1, -0.05) is 12.1 Å². The molecule has 4 rings (SSSR count). The minimum absolute atomic E-state index is 0.216. The second kappa shape index (κ2) is 15.0. The molecule has 1 atom stereocenters. The van der Waals surface area contributed by atoms with Crippen molar-refractivity contribution in [3.05, 3.63) is 84.1 Å². The highest BCUT2D eigenvalue weighted by Crippen LogP contribution is 2.33. The van der Waals surface area contributed by atoms with Gasteiger partial charge in [0.15, 0.2) is 0 Å². The fourth-order valence-corrected chi connectivity index (χ4v) is 4.97. The standard InChI is InChI=1S/C30H31F5N8O2S/c1-4-38-46(45)21-7-5-6-20(16-21)39-28-37-17-22(27(42-28)36-12-13-43(2)3)18-8-11-25(24(32)14-18)40-29(44)41-26-15-19(30(33,34)35)9-10-23(26)31/h5-11,14-17,46H,4,12-13H2,1-3H3,(H2,40,41,44)(H2,36,37,39,42). The lowest BCUT2D eigenvalue weighted by atomic mass is 10.1. The maximum atomic E-state index is 15.2. The van der Waals surface area contributed by atoms with Crippen molar-refractivity contribution in [2.75, 3.05) is 55.0 Å². The summed E-state index contributed by atoms with van der Waals surface area (Å²) in [6.45, 7) is 3.36. The van der Waals surface area contributed by atoms with Gasteiger partial charge in [-0.25, -0.2) is 27.1 Å². The molecule has 244 valence electrons. The number of alkyl halides is 3. The highest BCUT2D eigenvalue weighted by atomic mass is 32.2. The van der Waals surface area contributed by atoms with E-state index in [1.54, 1.807) is 31.2 Å². The minimum Gasteiger partial charge on any atom is -0.368 e. The van der Waals surface area contributed by atoms with Crippen LogP contribution in [0.25, 0.3) is 11.1 Å². The fraction of sp³-hybridized carbons (Fsp3) is 0.233. The largest absolute Gasteiger partial charge is 0.416 e. The lowest BCUT2D eigenvalue weighted by Crippen LogP contribution is -2.21. The smallest absolute Gasteiger partial charge is 0.368 e. The van der Waals surface area contributed by atoms with E-state index in [-0.39, 0.29) is 11.6 Å². The Bertz CT molecular complexity index is 1800. The number of carbonyl (C=O) groups excluding carboxylic acids is 1. The van der Waals surface area contributed by atoms with Crippen LogP contribution in [0.4, 0.5) is 55.6 Å². The quantitative estimate of drug-likeness (QED) is 0.0880. The van der Waals surface area contributed by atoms with Gasteiger partial charge >= 0.3 is 12.2 Å². The first-order valence-corrected chi connectivity index (χ1v) is 15.1. The van der Waals surface area contributed by atoms with Crippen molar-refractivity contribution in [1.29, 1.82) is 0 Å². The third kappa shape index (κ3) is 9.10. The van der Waals surface area contributed by atoms with Gasteiger partial charge in [0, 0.05) is 42.0 Å². The summed E-state index contributed by atoms with van der Waals surface area (Å²) in [5.74, 6) is -1.38. The normalized spacial score (nSPS) is 12.2. The number of halogens is 5. The number of benzene rings is 3. The predicted octanol–water partition coefficient (Wildman–Crippen LogP) is 6.85. The first-order valence-electron chi connectivity index (χ1n) is 13.9. The molecular weight excluding hydrogens is 631 g/mol. The Morgan fingerprint density at radius 1 is 0.978 bits per heavy atom. The Hall–Kier alpha value is -4.83. The van der Waals surface area contributed by atoms with Gasteiger partial charge in [-0.15, -0.1) is 0 Å². The Balaban J connectivity index is 1.56. The summed E-state index contributed by atoms with van der Waals surface area (Å²) in [5, 5.41) is 10.4. The van der Waals surface area contributed by atoms with Gasteiger partial charge in [0.25, 0.3) is 0 Å². The summed E-state index contributed by atoms with van der Waals surface area (Å²) in [4.78, 5) is 23.8. The summed E-state index contributed by atoms with van der Waals surface area (Å²) < 4.78 is 84.6. The number of hydrogen-bond acceptors (Lipinski definition) is 8. The molecule has 0 fully saturated rings. The number of aromatic nitrogens is 2. The molecule has 0 bridgehead atoms. The number of anilines is 5. The van der Waals surface area contributed by atoms with Crippen LogP contribution in [0.3, 0.4) is 0 Å². The monoisotopic (exact) mass is 662 g/mol. The Labute approximate surface area is 263 Å². The number of nitrogens with one attached hydrogen (secondary N) is 4. The zero-order valence-electron chi connectivity index (χ0n) is 24.9. The number of rotatable bonds is 11. The van der Waals surface area contributed by atoms with Crippen molar-refractivity contribution >= 4 is 45.5 Å². The molecule has 0 spiro atoms. The number of urea groups is 1. The van der Waals surface area contributed by atoms with Gasteiger partial charge in [-0.3, -0.25) is 0 Å². The van der Waals surface area contributed by atoms with Crippen LogP contribution in [-0.4, -0.2) is 58.8 Å². The summed E-state index contributed by atoms with van der Waals surface area (Å²) >= 11 is 0. The van der Waals surface area contributed by atoms with Crippen molar-refractivity contribution < 1.29 is 31.0 Å². The Morgan fingerprint density at radius 3 is 2.43 bits per heavy atom. The second-order valence-electron chi connectivity index (χ2n) is 10.1. The van der Waals surface area contributed by atoms with Crippen molar-refractivity contribution in [1.82, 2.24) is 14.9 Å². The van der Waals surface area contributed by atoms with Gasteiger partial charge in [0.1, 0.15) is 17.5 Å². The summed E-state index contributed by atoms with van der Waals surface area (Å²) in [6.07, 6.45) is -3.27. The molecule has 0 saturated heterocycles. The molecule has 0 aliphatic heterocycles. The van der Waals surface area contributed by atoms with E-state index in [9.17, 15) is 26.6 Å². The number of hydrogen-bond donors (Lipinski definition) is 5. The zero-order chi connectivity index (χ0) is 33.4. The third-order valence-corrected chi connectivity index (χ3v) is 7.56. The molecule has 2 amide bonds. The molecule has 4 N–H and O–H groups in total. The van der Waals surface area contributed by atoms with Crippen molar-refractivity contribution in [3.63, 3.8) is 0 Å². The van der Waals surface area contributed by atoms with Crippen LogP contribution in [-0.2, 0) is 16.8 Å². The van der Waals surface area contributed by atoms with E-state index in [1.807, 2.05) is 24.3 Å². The van der Waals surface area contributed by atoms with Gasteiger partial charge in [0.05, 0.1) is 27.5 Å². The van der Waals surface area contributed by atoms with E-state index in [0.717, 1.165) is 6.07 Å². The fourth-order valence-electron chi connectivity index (χ4n) is 4.09. The van der Waals surface area contributed by atoms with Crippen LogP contribution in [0, 0.1) is 11.6 Å². The van der Waals surface area contributed by atoms with Crippen LogP contribution in [0.5, 0.6) is 0 Å². The third-order valence-electron chi connectivity index (χ3n) is 6.30. The second-order valence-corrected chi connectivity index (χ2v) is 11.4. The van der Waals surface area contributed by atoms with Gasteiger partial charge < -0.3 is 26.2 Å². The summed E-state index contributed by atoms with van der Waals surface area (Å²) in [6, 6.07) is 11.2. The number of carbonyl (C=O) groups is 1. The summed E-state index contributed by atoms with van der Waals surface area (Å²) in [7, 11) is 1.90. The van der Waals surface area contributed by atoms with E-state index >= 15 is 4.39 Å². The van der Waals surface area contributed by atoms with Crippen LogP contribution >= 0.6 is 0 Å². The van der Waals surface area contributed by atoms with Crippen LogP contribution < -0.4 is 21.3 Å². The Morgan fingerprint density at radius 2 is 1.74 bits per heavy atom. The van der Waals surface area contributed by atoms with Crippen LogP contribution in [0.15, 0.2) is 76.1 Å². The van der Waals surface area contributed by atoms with Gasteiger partial charge in [-0.2, -0.15) is 18.2 Å². The predicted molar refractivity (Wildman–Crippen MR) is 169 cm³/mol. The first kappa shape index (κ1) is 34.1. The molecule has 4 aromatic rings. The molecule has 0 saturated carbocycles. The van der Waals surface area contributed by atoms with E-state index in [0.29, 0.717) is 65.4 Å². The molecule has 46 heavy (non-hydrogen) atoms. The first-order chi connectivity index (χ1) is 21.8. The number of likely N-dealkylation sites (N-methyl/N-ethyl adjacent to an activating group) is 1. The average molecular weight is 663 g/mol. The van der Waals surface area contributed by atoms with E-state index < -0.39 is 45.7 Å². The van der Waals surface area contributed by atoms with Crippen molar-refractivity contribution in [2.24, 2.45) is 4.36 Å².